The quantitative estimate of drug-likeness (QED) is 0.792. The zero-order valence-corrected chi connectivity index (χ0v) is 10.6. The van der Waals surface area contributed by atoms with E-state index in [9.17, 15) is 4.79 Å². The molecule has 0 spiro atoms. The average Bonchev–Trinajstić information content (AvgIpc) is 2.79. The number of hydrogen-bond donors (Lipinski definition) is 1. The van der Waals surface area contributed by atoms with Crippen LogP contribution in [0, 0.1) is 0 Å². The number of carbonyl (C=O) groups is 1. The average molecular weight is 259 g/mol. The fraction of sp³-hybridized carbons (Fsp3) is 0.700. The molecule has 17 heavy (non-hydrogen) atoms. The van der Waals surface area contributed by atoms with Gasteiger partial charge in [0.15, 0.2) is 5.69 Å². The second-order valence-electron chi connectivity index (χ2n) is 4.69. The van der Waals surface area contributed by atoms with Gasteiger partial charge >= 0.3 is 0 Å². The topological polar surface area (TPSA) is 71.1 Å². The Hall–Kier alpha value is -1.14. The van der Waals surface area contributed by atoms with E-state index in [0.717, 1.165) is 0 Å². The summed E-state index contributed by atoms with van der Waals surface area (Å²) in [5, 5.41) is 9.85. The van der Waals surface area contributed by atoms with Crippen molar-refractivity contribution in [3.8, 4) is 0 Å². The van der Waals surface area contributed by atoms with Crippen molar-refractivity contribution >= 4 is 17.5 Å². The predicted molar refractivity (Wildman–Crippen MR) is 62.0 cm³/mol. The lowest BCUT2D eigenvalue weighted by Crippen LogP contribution is -2.55. The fourth-order valence-corrected chi connectivity index (χ4v) is 2.16. The van der Waals surface area contributed by atoms with Crippen LogP contribution in [0.25, 0.3) is 0 Å². The zero-order valence-electron chi connectivity index (χ0n) is 9.81. The van der Waals surface area contributed by atoms with Gasteiger partial charge in [-0.3, -0.25) is 4.79 Å². The maximum absolute atomic E-state index is 12.1. The van der Waals surface area contributed by atoms with E-state index >= 15 is 0 Å². The molecule has 0 radical (unpaired) electrons. The number of morpholine rings is 1. The zero-order chi connectivity index (χ0) is 12.5. The number of aromatic amines is 1. The monoisotopic (exact) mass is 258 g/mol. The normalized spacial score (nSPS) is 23.7. The second-order valence-corrected chi connectivity index (χ2v) is 5.00. The third kappa shape index (κ3) is 2.76. The Morgan fingerprint density at radius 1 is 1.76 bits per heavy atom. The van der Waals surface area contributed by atoms with Crippen LogP contribution >= 0.6 is 11.6 Å². The second kappa shape index (κ2) is 4.62. The molecular weight excluding hydrogens is 244 g/mol. The first kappa shape index (κ1) is 12.3. The van der Waals surface area contributed by atoms with Gasteiger partial charge in [-0.25, -0.2) is 0 Å². The van der Waals surface area contributed by atoms with Crippen molar-refractivity contribution in [3.05, 3.63) is 11.9 Å². The van der Waals surface area contributed by atoms with Gasteiger partial charge in [0.25, 0.3) is 5.91 Å². The maximum Gasteiger partial charge on any atom is 0.276 e. The van der Waals surface area contributed by atoms with Gasteiger partial charge in [-0.05, 0) is 13.8 Å². The van der Waals surface area contributed by atoms with Gasteiger partial charge in [0, 0.05) is 13.1 Å². The highest BCUT2D eigenvalue weighted by atomic mass is 35.5. The first-order valence-electron chi connectivity index (χ1n) is 5.41. The number of alkyl halides is 1. The first-order chi connectivity index (χ1) is 8.02. The number of halogens is 1. The number of aromatic nitrogens is 3. The Bertz CT molecular complexity index is 393. The van der Waals surface area contributed by atoms with Crippen molar-refractivity contribution in [2.24, 2.45) is 0 Å². The van der Waals surface area contributed by atoms with Gasteiger partial charge in [0.1, 0.15) is 0 Å². The minimum atomic E-state index is -0.392. The summed E-state index contributed by atoms with van der Waals surface area (Å²) in [5.41, 5.74) is -0.0759. The molecule has 1 unspecified atom stereocenters. The highest BCUT2D eigenvalue weighted by Gasteiger charge is 2.36. The molecule has 1 aromatic rings. The Kier molecular flexibility index (Phi) is 3.35. The molecule has 1 atom stereocenters. The van der Waals surface area contributed by atoms with Crippen molar-refractivity contribution < 1.29 is 9.53 Å². The molecular formula is C10H15ClN4O2. The van der Waals surface area contributed by atoms with Gasteiger partial charge in [0.05, 0.1) is 23.8 Å². The van der Waals surface area contributed by atoms with E-state index in [1.807, 2.05) is 13.8 Å². The molecule has 1 amide bonds. The summed E-state index contributed by atoms with van der Waals surface area (Å²) < 4.78 is 5.75. The van der Waals surface area contributed by atoms with E-state index in [-0.39, 0.29) is 12.0 Å². The van der Waals surface area contributed by atoms with Gasteiger partial charge in [-0.1, -0.05) is 0 Å². The van der Waals surface area contributed by atoms with Crippen molar-refractivity contribution in [3.63, 3.8) is 0 Å². The molecule has 7 heteroatoms. The van der Waals surface area contributed by atoms with E-state index < -0.39 is 5.60 Å². The molecule has 1 aromatic heterocycles. The van der Waals surface area contributed by atoms with E-state index in [0.29, 0.717) is 24.7 Å². The maximum atomic E-state index is 12.1. The summed E-state index contributed by atoms with van der Waals surface area (Å²) in [6, 6.07) is 0. The van der Waals surface area contributed by atoms with Gasteiger partial charge in [-0.15, -0.1) is 11.6 Å². The third-order valence-corrected chi connectivity index (χ3v) is 2.92. The SMILES string of the molecule is CC1(C)CN(C(=O)c2cn[nH]n2)CC(CCl)O1. The van der Waals surface area contributed by atoms with Crippen LogP contribution in [0.3, 0.4) is 0 Å². The molecule has 0 aromatic carbocycles. The number of hydrogen-bond acceptors (Lipinski definition) is 4. The Labute approximate surface area is 104 Å². The number of H-pyrrole nitrogens is 1. The number of carbonyl (C=O) groups excluding carboxylic acids is 1. The van der Waals surface area contributed by atoms with Crippen molar-refractivity contribution in [2.75, 3.05) is 19.0 Å². The molecule has 94 valence electrons. The van der Waals surface area contributed by atoms with Crippen LogP contribution < -0.4 is 0 Å². The van der Waals surface area contributed by atoms with Crippen LogP contribution in [0.2, 0.25) is 0 Å². The Balaban J connectivity index is 2.12. The summed E-state index contributed by atoms with van der Waals surface area (Å²) in [7, 11) is 0. The molecule has 1 N–H and O–H groups in total. The largest absolute Gasteiger partial charge is 0.367 e. The highest BCUT2D eigenvalue weighted by Crippen LogP contribution is 2.22. The van der Waals surface area contributed by atoms with E-state index in [4.69, 9.17) is 16.3 Å². The standard InChI is InChI=1S/C10H15ClN4O2/c1-10(2)6-15(5-7(3-11)17-10)9(16)8-4-12-14-13-8/h4,7H,3,5-6H2,1-2H3,(H,12,13,14). The summed E-state index contributed by atoms with van der Waals surface area (Å²) in [5.74, 6) is 0.219. The third-order valence-electron chi connectivity index (χ3n) is 2.57. The first-order valence-corrected chi connectivity index (χ1v) is 5.94. The minimum absolute atomic E-state index is 0.142. The smallest absolute Gasteiger partial charge is 0.276 e. The molecule has 0 saturated carbocycles. The lowest BCUT2D eigenvalue weighted by atomic mass is 10.1. The number of nitrogens with zero attached hydrogens (tertiary/aromatic N) is 3. The van der Waals surface area contributed by atoms with Crippen LogP contribution in [0.1, 0.15) is 24.3 Å². The number of rotatable bonds is 2. The summed E-state index contributed by atoms with van der Waals surface area (Å²) in [6.45, 7) is 4.88. The molecule has 0 bridgehead atoms. The van der Waals surface area contributed by atoms with Crippen LogP contribution in [0.4, 0.5) is 0 Å². The van der Waals surface area contributed by atoms with E-state index in [1.165, 1.54) is 6.20 Å². The van der Waals surface area contributed by atoms with Crippen LogP contribution in [-0.2, 0) is 4.74 Å². The molecule has 1 fully saturated rings. The number of nitrogens with one attached hydrogen (secondary N) is 1. The van der Waals surface area contributed by atoms with Gasteiger partial charge < -0.3 is 9.64 Å². The van der Waals surface area contributed by atoms with Crippen LogP contribution in [0.15, 0.2) is 6.20 Å². The molecule has 1 aliphatic heterocycles. The molecule has 1 aliphatic rings. The van der Waals surface area contributed by atoms with Crippen molar-refractivity contribution in [1.82, 2.24) is 20.3 Å². The Morgan fingerprint density at radius 2 is 2.53 bits per heavy atom. The molecule has 6 nitrogen and oxygen atoms in total. The van der Waals surface area contributed by atoms with Crippen LogP contribution in [0.5, 0.6) is 0 Å². The van der Waals surface area contributed by atoms with Gasteiger partial charge in [-0.2, -0.15) is 15.4 Å². The summed E-state index contributed by atoms with van der Waals surface area (Å²) in [6.07, 6.45) is 1.27. The molecule has 2 heterocycles. The lowest BCUT2D eigenvalue weighted by molar-refractivity contribution is -0.117. The van der Waals surface area contributed by atoms with Gasteiger partial charge in [0.2, 0.25) is 0 Å². The van der Waals surface area contributed by atoms with Crippen molar-refractivity contribution in [1.29, 1.82) is 0 Å². The number of amides is 1. The molecule has 1 saturated heterocycles. The molecule has 0 aliphatic carbocycles. The van der Waals surface area contributed by atoms with E-state index in [2.05, 4.69) is 15.4 Å². The molecule has 2 rings (SSSR count). The van der Waals surface area contributed by atoms with E-state index in [1.54, 1.807) is 4.90 Å². The minimum Gasteiger partial charge on any atom is -0.367 e. The van der Waals surface area contributed by atoms with Crippen molar-refractivity contribution in [2.45, 2.75) is 25.6 Å². The fourth-order valence-electron chi connectivity index (χ4n) is 2.00. The summed E-state index contributed by atoms with van der Waals surface area (Å²) in [4.78, 5) is 13.8. The number of ether oxygens (including phenoxy) is 1. The highest BCUT2D eigenvalue weighted by molar-refractivity contribution is 6.18. The lowest BCUT2D eigenvalue weighted by Gasteiger charge is -2.42. The predicted octanol–water partition coefficient (Wildman–Crippen LogP) is 0.663. The summed E-state index contributed by atoms with van der Waals surface area (Å²) >= 11 is 5.81. The Morgan fingerprint density at radius 3 is 3.12 bits per heavy atom. The van der Waals surface area contributed by atoms with Crippen LogP contribution in [-0.4, -0.2) is 56.9 Å².